The van der Waals surface area contributed by atoms with Crippen molar-refractivity contribution in [1.29, 1.82) is 0 Å². The van der Waals surface area contributed by atoms with E-state index in [0.717, 1.165) is 16.2 Å². The molecule has 0 fully saturated rings. The zero-order valence-electron chi connectivity index (χ0n) is 15.3. The number of amides is 2. The highest BCUT2D eigenvalue weighted by atomic mass is 35.5. The number of hydrogen-bond donors (Lipinski definition) is 3. The Morgan fingerprint density at radius 3 is 2.19 bits per heavy atom. The molecule has 0 saturated carbocycles. The molecule has 0 aromatic heterocycles. The molecule has 0 spiro atoms. The average Bonchev–Trinajstić information content (AvgIpc) is 2.66. The van der Waals surface area contributed by atoms with Gasteiger partial charge in [0.25, 0.3) is 11.8 Å². The standard InChI is InChI=1S/C19H22ClN3O4/c1-23(11-14-3-7-16(26-2)8-4-14)12-18(24)21-22-19(25)13-27-17-9-5-15(20)6-10-17/h3-10H,11-13H2,1-2H3,(H,21,24)(H,22,25)/p+1. The first-order valence-electron chi connectivity index (χ1n) is 8.36. The minimum Gasteiger partial charge on any atom is -0.497 e. The Morgan fingerprint density at radius 2 is 1.56 bits per heavy atom. The van der Waals surface area contributed by atoms with Crippen LogP contribution in [0.4, 0.5) is 0 Å². The highest BCUT2D eigenvalue weighted by Crippen LogP contribution is 2.15. The van der Waals surface area contributed by atoms with Crippen LogP contribution in [0.2, 0.25) is 5.02 Å². The molecule has 0 heterocycles. The molecule has 0 saturated heterocycles. The summed E-state index contributed by atoms with van der Waals surface area (Å²) in [6.07, 6.45) is 0. The summed E-state index contributed by atoms with van der Waals surface area (Å²) < 4.78 is 10.4. The van der Waals surface area contributed by atoms with Crippen molar-refractivity contribution in [2.75, 3.05) is 27.3 Å². The summed E-state index contributed by atoms with van der Waals surface area (Å²) in [5.41, 5.74) is 5.80. The molecular weight excluding hydrogens is 370 g/mol. The number of carbonyl (C=O) groups excluding carboxylic acids is 2. The minimum atomic E-state index is -0.453. The molecule has 0 aliphatic heterocycles. The molecular formula is C19H23ClN3O4+. The number of methoxy groups -OCH3 is 1. The van der Waals surface area contributed by atoms with Gasteiger partial charge in [-0.05, 0) is 48.5 Å². The molecule has 2 aromatic rings. The zero-order chi connectivity index (χ0) is 19.6. The van der Waals surface area contributed by atoms with Gasteiger partial charge in [0.1, 0.15) is 18.0 Å². The molecule has 1 atom stereocenters. The minimum absolute atomic E-state index is 0.212. The number of halogens is 1. The van der Waals surface area contributed by atoms with E-state index in [0.29, 0.717) is 17.3 Å². The van der Waals surface area contributed by atoms with E-state index >= 15 is 0 Å². The molecule has 27 heavy (non-hydrogen) atoms. The van der Waals surface area contributed by atoms with Gasteiger partial charge < -0.3 is 14.4 Å². The van der Waals surface area contributed by atoms with Gasteiger partial charge in [-0.15, -0.1) is 0 Å². The molecule has 2 amide bonds. The van der Waals surface area contributed by atoms with Gasteiger partial charge in [0.2, 0.25) is 0 Å². The van der Waals surface area contributed by atoms with Gasteiger partial charge in [-0.1, -0.05) is 11.6 Å². The van der Waals surface area contributed by atoms with Crippen molar-refractivity contribution >= 4 is 23.4 Å². The molecule has 0 aliphatic rings. The van der Waals surface area contributed by atoms with Crippen LogP contribution in [0.3, 0.4) is 0 Å². The summed E-state index contributed by atoms with van der Waals surface area (Å²) in [6.45, 7) is 0.672. The van der Waals surface area contributed by atoms with E-state index in [1.165, 1.54) is 0 Å². The number of likely N-dealkylation sites (N-methyl/N-ethyl adjacent to an activating group) is 1. The normalized spacial score (nSPS) is 11.4. The number of benzene rings is 2. The van der Waals surface area contributed by atoms with Gasteiger partial charge in [-0.2, -0.15) is 0 Å². The zero-order valence-corrected chi connectivity index (χ0v) is 16.0. The summed E-state index contributed by atoms with van der Waals surface area (Å²) in [4.78, 5) is 24.6. The van der Waals surface area contributed by atoms with Crippen LogP contribution in [0.25, 0.3) is 0 Å². The molecule has 0 aliphatic carbocycles. The Morgan fingerprint density at radius 1 is 0.963 bits per heavy atom. The van der Waals surface area contributed by atoms with E-state index < -0.39 is 5.91 Å². The Kier molecular flexibility index (Phi) is 7.91. The van der Waals surface area contributed by atoms with Gasteiger partial charge in [-0.3, -0.25) is 20.4 Å². The highest BCUT2D eigenvalue weighted by Gasteiger charge is 2.12. The largest absolute Gasteiger partial charge is 0.497 e. The number of quaternary nitrogens is 1. The number of rotatable bonds is 8. The lowest BCUT2D eigenvalue weighted by molar-refractivity contribution is -0.885. The smallest absolute Gasteiger partial charge is 0.293 e. The van der Waals surface area contributed by atoms with Gasteiger partial charge in [0, 0.05) is 10.6 Å². The third-order valence-electron chi connectivity index (χ3n) is 3.65. The Labute approximate surface area is 163 Å². The maximum absolute atomic E-state index is 11.9. The molecule has 8 heteroatoms. The predicted molar refractivity (Wildman–Crippen MR) is 102 cm³/mol. The second-order valence-electron chi connectivity index (χ2n) is 6.00. The molecule has 3 N–H and O–H groups in total. The lowest BCUT2D eigenvalue weighted by Crippen LogP contribution is -3.09. The van der Waals surface area contributed by atoms with E-state index in [9.17, 15) is 9.59 Å². The number of ether oxygens (including phenoxy) is 2. The number of nitrogens with one attached hydrogen (secondary N) is 3. The van der Waals surface area contributed by atoms with Crippen LogP contribution in [0.1, 0.15) is 5.56 Å². The van der Waals surface area contributed by atoms with Crippen molar-refractivity contribution in [3.05, 3.63) is 59.1 Å². The average molecular weight is 393 g/mol. The lowest BCUT2D eigenvalue weighted by Gasteiger charge is -2.14. The van der Waals surface area contributed by atoms with Gasteiger partial charge >= 0.3 is 0 Å². The maximum atomic E-state index is 11.9. The van der Waals surface area contributed by atoms with Crippen LogP contribution in [-0.2, 0) is 16.1 Å². The second-order valence-corrected chi connectivity index (χ2v) is 6.43. The summed E-state index contributed by atoms with van der Waals surface area (Å²) in [7, 11) is 3.51. The third kappa shape index (κ3) is 7.55. The van der Waals surface area contributed by atoms with Gasteiger partial charge in [0.15, 0.2) is 13.2 Å². The van der Waals surface area contributed by atoms with Crippen molar-refractivity contribution in [1.82, 2.24) is 10.9 Å². The molecule has 7 nitrogen and oxygen atoms in total. The molecule has 2 rings (SSSR count). The number of carbonyl (C=O) groups is 2. The summed E-state index contributed by atoms with van der Waals surface area (Å²) >= 11 is 5.78. The van der Waals surface area contributed by atoms with Gasteiger partial charge in [-0.25, -0.2) is 0 Å². The predicted octanol–water partition coefficient (Wildman–Crippen LogP) is 0.590. The first-order chi connectivity index (χ1) is 13.0. The molecule has 1 unspecified atom stereocenters. The molecule has 0 radical (unpaired) electrons. The van der Waals surface area contributed by atoms with E-state index in [1.54, 1.807) is 31.4 Å². The van der Waals surface area contributed by atoms with Gasteiger partial charge in [0.05, 0.1) is 14.2 Å². The fraction of sp³-hybridized carbons (Fsp3) is 0.263. The van der Waals surface area contributed by atoms with Crippen molar-refractivity contribution in [2.24, 2.45) is 0 Å². The van der Waals surface area contributed by atoms with Crippen molar-refractivity contribution in [3.8, 4) is 11.5 Å². The fourth-order valence-corrected chi connectivity index (χ4v) is 2.45. The molecule has 144 valence electrons. The van der Waals surface area contributed by atoms with Crippen LogP contribution in [0.5, 0.6) is 11.5 Å². The maximum Gasteiger partial charge on any atom is 0.293 e. The number of hydrogen-bond acceptors (Lipinski definition) is 4. The quantitative estimate of drug-likeness (QED) is 0.574. The van der Waals surface area contributed by atoms with Crippen LogP contribution in [0, 0.1) is 0 Å². The molecule has 0 bridgehead atoms. The number of hydrazine groups is 1. The van der Waals surface area contributed by atoms with Crippen molar-refractivity contribution in [2.45, 2.75) is 6.54 Å². The van der Waals surface area contributed by atoms with Crippen molar-refractivity contribution in [3.63, 3.8) is 0 Å². The van der Waals surface area contributed by atoms with E-state index in [4.69, 9.17) is 21.1 Å². The SMILES string of the molecule is COc1ccc(C[NH+](C)CC(=O)NNC(=O)COc2ccc(Cl)cc2)cc1. The lowest BCUT2D eigenvalue weighted by atomic mass is 10.2. The van der Waals surface area contributed by atoms with Crippen LogP contribution >= 0.6 is 11.6 Å². The first kappa shape index (κ1) is 20.5. The summed E-state index contributed by atoms with van der Waals surface area (Å²) in [5, 5.41) is 0.584. The highest BCUT2D eigenvalue weighted by molar-refractivity contribution is 6.30. The Balaban J connectivity index is 1.66. The third-order valence-corrected chi connectivity index (χ3v) is 3.90. The molecule has 2 aromatic carbocycles. The van der Waals surface area contributed by atoms with E-state index in [2.05, 4.69) is 10.9 Å². The summed E-state index contributed by atoms with van der Waals surface area (Å²) in [6, 6.07) is 14.3. The van der Waals surface area contributed by atoms with E-state index in [1.807, 2.05) is 31.3 Å². The monoisotopic (exact) mass is 392 g/mol. The topological polar surface area (TPSA) is 81.1 Å². The van der Waals surface area contributed by atoms with Crippen molar-refractivity contribution < 1.29 is 24.0 Å². The van der Waals surface area contributed by atoms with Crippen LogP contribution in [-0.4, -0.2) is 39.1 Å². The van der Waals surface area contributed by atoms with Crippen LogP contribution in [0.15, 0.2) is 48.5 Å². The second kappa shape index (κ2) is 10.4. The van der Waals surface area contributed by atoms with Crippen LogP contribution < -0.4 is 25.2 Å². The first-order valence-corrected chi connectivity index (χ1v) is 8.74. The Bertz CT molecular complexity index is 751. The Hall–Kier alpha value is -2.77. The van der Waals surface area contributed by atoms with E-state index in [-0.39, 0.29) is 19.1 Å². The fourth-order valence-electron chi connectivity index (χ4n) is 2.33. The summed E-state index contributed by atoms with van der Waals surface area (Å²) in [5.74, 6) is 0.564.